The van der Waals surface area contributed by atoms with Crippen molar-refractivity contribution in [2.45, 2.75) is 31.7 Å². The summed E-state index contributed by atoms with van der Waals surface area (Å²) in [7, 11) is 3.23. The van der Waals surface area contributed by atoms with Gasteiger partial charge in [-0.2, -0.15) is 5.10 Å². The smallest absolute Gasteiger partial charge is 0.220 e. The average molecular weight is 316 g/mol. The Bertz CT molecular complexity index is 698. The standard InChI is InChI=1S/C16H20N4O3/c1-22-12-5-3-10(7-13(12)23-2)8-14-18-15(20-19-14)9-11-4-6-16(21)17-11/h3,5,7,11H,4,6,8-9H2,1-2H3,(H,17,21)(H,18,19,20)/t11-/m1/s1. The Balaban J connectivity index is 1.65. The molecule has 0 bridgehead atoms. The molecule has 1 saturated heterocycles. The van der Waals surface area contributed by atoms with Gasteiger partial charge in [-0.25, -0.2) is 4.98 Å². The average Bonchev–Trinajstić information content (AvgIpc) is 3.16. The Morgan fingerprint density at radius 2 is 2.09 bits per heavy atom. The number of hydrogen-bond donors (Lipinski definition) is 2. The maximum Gasteiger partial charge on any atom is 0.220 e. The highest BCUT2D eigenvalue weighted by molar-refractivity contribution is 5.78. The molecule has 23 heavy (non-hydrogen) atoms. The lowest BCUT2D eigenvalue weighted by molar-refractivity contribution is -0.119. The van der Waals surface area contributed by atoms with E-state index in [1.54, 1.807) is 14.2 Å². The van der Waals surface area contributed by atoms with Gasteiger partial charge in [0.25, 0.3) is 0 Å². The van der Waals surface area contributed by atoms with Crippen molar-refractivity contribution in [1.82, 2.24) is 20.5 Å². The molecule has 1 aliphatic heterocycles. The minimum atomic E-state index is 0.107. The third-order valence-electron chi connectivity index (χ3n) is 3.91. The lowest BCUT2D eigenvalue weighted by atomic mass is 10.1. The molecule has 1 aromatic heterocycles. The van der Waals surface area contributed by atoms with Gasteiger partial charge >= 0.3 is 0 Å². The first-order valence-electron chi connectivity index (χ1n) is 7.58. The number of aromatic amines is 1. The number of methoxy groups -OCH3 is 2. The van der Waals surface area contributed by atoms with Gasteiger partial charge < -0.3 is 14.8 Å². The van der Waals surface area contributed by atoms with Gasteiger partial charge in [0.15, 0.2) is 17.3 Å². The van der Waals surface area contributed by atoms with Crippen LogP contribution in [0.3, 0.4) is 0 Å². The van der Waals surface area contributed by atoms with E-state index in [1.807, 2.05) is 18.2 Å². The Kier molecular flexibility index (Phi) is 4.45. The molecule has 122 valence electrons. The molecule has 0 spiro atoms. The molecule has 1 aromatic carbocycles. The first kappa shape index (κ1) is 15.3. The molecule has 2 N–H and O–H groups in total. The van der Waals surface area contributed by atoms with Crippen molar-refractivity contribution in [1.29, 1.82) is 0 Å². The van der Waals surface area contributed by atoms with Crippen molar-refractivity contribution >= 4 is 5.91 Å². The zero-order valence-electron chi connectivity index (χ0n) is 13.3. The van der Waals surface area contributed by atoms with Crippen LogP contribution >= 0.6 is 0 Å². The summed E-state index contributed by atoms with van der Waals surface area (Å²) < 4.78 is 10.5. The lowest BCUT2D eigenvalue weighted by Gasteiger charge is -2.08. The number of H-pyrrole nitrogens is 1. The highest BCUT2D eigenvalue weighted by Crippen LogP contribution is 2.28. The van der Waals surface area contributed by atoms with Crippen LogP contribution in [-0.2, 0) is 17.6 Å². The molecule has 2 heterocycles. The number of benzene rings is 1. The first-order valence-corrected chi connectivity index (χ1v) is 7.58. The molecule has 1 aliphatic rings. The minimum Gasteiger partial charge on any atom is -0.493 e. The van der Waals surface area contributed by atoms with Crippen LogP contribution in [0.4, 0.5) is 0 Å². The van der Waals surface area contributed by atoms with Gasteiger partial charge in [0.1, 0.15) is 5.82 Å². The third-order valence-corrected chi connectivity index (χ3v) is 3.91. The predicted octanol–water partition coefficient (Wildman–Crippen LogP) is 1.23. The maximum absolute atomic E-state index is 11.2. The molecule has 0 aliphatic carbocycles. The second kappa shape index (κ2) is 6.68. The molecule has 0 radical (unpaired) electrons. The van der Waals surface area contributed by atoms with Crippen LogP contribution in [0.1, 0.15) is 30.1 Å². The van der Waals surface area contributed by atoms with E-state index in [0.29, 0.717) is 30.8 Å². The first-order chi connectivity index (χ1) is 11.2. The Morgan fingerprint density at radius 3 is 2.78 bits per heavy atom. The number of amides is 1. The van der Waals surface area contributed by atoms with E-state index in [-0.39, 0.29) is 11.9 Å². The van der Waals surface area contributed by atoms with E-state index in [2.05, 4.69) is 20.5 Å². The highest BCUT2D eigenvalue weighted by Gasteiger charge is 2.22. The monoisotopic (exact) mass is 316 g/mol. The predicted molar refractivity (Wildman–Crippen MR) is 83.6 cm³/mol. The molecular formula is C16H20N4O3. The number of rotatable bonds is 6. The molecule has 7 nitrogen and oxygen atoms in total. The second-order valence-electron chi connectivity index (χ2n) is 5.57. The fourth-order valence-corrected chi connectivity index (χ4v) is 2.74. The number of aromatic nitrogens is 3. The van der Waals surface area contributed by atoms with Gasteiger partial charge in [-0.1, -0.05) is 6.07 Å². The summed E-state index contributed by atoms with van der Waals surface area (Å²) in [4.78, 5) is 15.7. The van der Waals surface area contributed by atoms with Crippen LogP contribution < -0.4 is 14.8 Å². The topological polar surface area (TPSA) is 89.1 Å². The van der Waals surface area contributed by atoms with Gasteiger partial charge in [0, 0.05) is 25.3 Å². The zero-order chi connectivity index (χ0) is 16.2. The van der Waals surface area contributed by atoms with Crippen LogP contribution in [0.15, 0.2) is 18.2 Å². The largest absolute Gasteiger partial charge is 0.493 e. The van der Waals surface area contributed by atoms with Gasteiger partial charge in [-0.3, -0.25) is 9.89 Å². The fourth-order valence-electron chi connectivity index (χ4n) is 2.74. The van der Waals surface area contributed by atoms with Crippen LogP contribution in [0.25, 0.3) is 0 Å². The van der Waals surface area contributed by atoms with Crippen molar-refractivity contribution in [3.05, 3.63) is 35.4 Å². The number of carbonyl (C=O) groups excluding carboxylic acids is 1. The summed E-state index contributed by atoms with van der Waals surface area (Å²) in [6.45, 7) is 0. The molecule has 0 saturated carbocycles. The molecule has 1 amide bonds. The molecule has 1 fully saturated rings. The minimum absolute atomic E-state index is 0.107. The van der Waals surface area contributed by atoms with Crippen molar-refractivity contribution < 1.29 is 14.3 Å². The summed E-state index contributed by atoms with van der Waals surface area (Å²) in [6, 6.07) is 5.92. The number of nitrogens with zero attached hydrogens (tertiary/aromatic N) is 2. The third kappa shape index (κ3) is 3.61. The second-order valence-corrected chi connectivity index (χ2v) is 5.57. The normalized spacial score (nSPS) is 17.1. The summed E-state index contributed by atoms with van der Waals surface area (Å²) >= 11 is 0. The quantitative estimate of drug-likeness (QED) is 0.837. The Hall–Kier alpha value is -2.57. The van der Waals surface area contributed by atoms with Crippen molar-refractivity contribution in [2.75, 3.05) is 14.2 Å². The van der Waals surface area contributed by atoms with E-state index in [4.69, 9.17) is 9.47 Å². The van der Waals surface area contributed by atoms with Crippen LogP contribution in [0.2, 0.25) is 0 Å². The Morgan fingerprint density at radius 1 is 1.26 bits per heavy atom. The van der Waals surface area contributed by atoms with Gasteiger partial charge in [0.2, 0.25) is 5.91 Å². The number of nitrogens with one attached hydrogen (secondary N) is 2. The SMILES string of the molecule is COc1ccc(Cc2nc(C[C@H]3CCC(=O)N3)n[nH]2)cc1OC. The summed E-state index contributed by atoms with van der Waals surface area (Å²) in [5, 5.41) is 10.1. The van der Waals surface area contributed by atoms with Crippen molar-refractivity contribution in [2.24, 2.45) is 0 Å². The highest BCUT2D eigenvalue weighted by atomic mass is 16.5. The molecule has 0 unspecified atom stereocenters. The molecule has 7 heteroatoms. The molecule has 1 atom stereocenters. The van der Waals surface area contributed by atoms with Gasteiger partial charge in [0.05, 0.1) is 14.2 Å². The van der Waals surface area contributed by atoms with Crippen molar-refractivity contribution in [3.63, 3.8) is 0 Å². The van der Waals surface area contributed by atoms with Gasteiger partial charge in [-0.15, -0.1) is 0 Å². The fraction of sp³-hybridized carbons (Fsp3) is 0.438. The maximum atomic E-state index is 11.2. The van der Waals surface area contributed by atoms with Gasteiger partial charge in [-0.05, 0) is 24.1 Å². The van der Waals surface area contributed by atoms with Crippen LogP contribution in [0.5, 0.6) is 11.5 Å². The number of carbonyl (C=O) groups is 1. The number of hydrogen-bond acceptors (Lipinski definition) is 5. The zero-order valence-corrected chi connectivity index (χ0v) is 13.3. The summed E-state index contributed by atoms with van der Waals surface area (Å²) in [5.74, 6) is 3.02. The van der Waals surface area contributed by atoms with E-state index in [1.165, 1.54) is 0 Å². The van der Waals surface area contributed by atoms with Crippen LogP contribution in [0, 0.1) is 0 Å². The van der Waals surface area contributed by atoms with Crippen LogP contribution in [-0.4, -0.2) is 41.3 Å². The molecular weight excluding hydrogens is 296 g/mol. The number of ether oxygens (including phenoxy) is 2. The van der Waals surface area contributed by atoms with Crippen molar-refractivity contribution in [3.8, 4) is 11.5 Å². The van der Waals surface area contributed by atoms with E-state index >= 15 is 0 Å². The molecule has 3 rings (SSSR count). The Labute approximate surface area is 134 Å². The van der Waals surface area contributed by atoms with E-state index in [9.17, 15) is 4.79 Å². The van der Waals surface area contributed by atoms with E-state index in [0.717, 1.165) is 23.6 Å². The summed E-state index contributed by atoms with van der Waals surface area (Å²) in [5.41, 5.74) is 1.06. The summed E-state index contributed by atoms with van der Waals surface area (Å²) in [6.07, 6.45) is 2.73. The molecule has 2 aromatic rings. The lowest BCUT2D eigenvalue weighted by Crippen LogP contribution is -2.27. The van der Waals surface area contributed by atoms with E-state index < -0.39 is 0 Å².